The zero-order valence-corrected chi connectivity index (χ0v) is 17.2. The molecule has 0 N–H and O–H groups in total. The van der Waals surface area contributed by atoms with Crippen LogP contribution in [0.1, 0.15) is 35.0 Å². The minimum Gasteiger partial charge on any atom is -0.487 e. The molecule has 1 aliphatic heterocycles. The zero-order valence-electron chi connectivity index (χ0n) is 17.2. The van der Waals surface area contributed by atoms with Gasteiger partial charge in [0.25, 0.3) is 0 Å². The monoisotopic (exact) mass is 410 g/mol. The molecule has 31 heavy (non-hydrogen) atoms. The largest absolute Gasteiger partial charge is 0.487 e. The summed E-state index contributed by atoms with van der Waals surface area (Å²) < 4.78 is 14.2. The maximum Gasteiger partial charge on any atom is 0.227 e. The third-order valence-electron chi connectivity index (χ3n) is 5.72. The normalized spacial score (nSPS) is 17.3. The first kappa shape index (κ1) is 19.1. The van der Waals surface area contributed by atoms with Crippen LogP contribution < -0.4 is 9.47 Å². The van der Waals surface area contributed by atoms with E-state index in [0.29, 0.717) is 24.5 Å². The van der Waals surface area contributed by atoms with Crippen molar-refractivity contribution in [1.29, 1.82) is 0 Å². The van der Waals surface area contributed by atoms with Crippen LogP contribution in [0.4, 0.5) is 0 Å². The van der Waals surface area contributed by atoms with E-state index in [0.717, 1.165) is 22.6 Å². The van der Waals surface area contributed by atoms with Crippen LogP contribution in [-0.2, 0) is 12.2 Å². The topological polar surface area (TPSA) is 53.4 Å². The van der Waals surface area contributed by atoms with E-state index < -0.39 is 5.60 Å². The molecule has 1 unspecified atom stereocenters. The van der Waals surface area contributed by atoms with Crippen molar-refractivity contribution >= 4 is 5.78 Å². The van der Waals surface area contributed by atoms with Crippen LogP contribution in [0.3, 0.4) is 0 Å². The second kappa shape index (κ2) is 7.76. The molecule has 0 spiro atoms. The van der Waals surface area contributed by atoms with E-state index in [2.05, 4.69) is 4.98 Å². The minimum atomic E-state index is -1.09. The number of carbonyl (C=O) groups excluding carboxylic acids is 1. The summed E-state index contributed by atoms with van der Waals surface area (Å²) in [7, 11) is 0. The number of carbonyl (C=O) groups is 1. The highest BCUT2D eigenvalue weighted by Crippen LogP contribution is 2.41. The molecule has 5 heteroatoms. The molecule has 0 saturated carbocycles. The molecule has 3 heterocycles. The Hall–Kier alpha value is -3.86. The highest BCUT2D eigenvalue weighted by atomic mass is 16.5. The molecule has 1 atom stereocenters. The number of ether oxygens (including phenoxy) is 2. The number of ketones is 1. The van der Waals surface area contributed by atoms with Crippen LogP contribution in [-0.4, -0.2) is 15.3 Å². The van der Waals surface area contributed by atoms with Crippen molar-refractivity contribution in [1.82, 2.24) is 9.55 Å². The lowest BCUT2D eigenvalue weighted by molar-refractivity contribution is 0.0424. The predicted octanol–water partition coefficient (Wildman–Crippen LogP) is 5.33. The van der Waals surface area contributed by atoms with Crippen molar-refractivity contribution in [3.05, 3.63) is 108 Å². The summed E-state index contributed by atoms with van der Waals surface area (Å²) in [4.78, 5) is 17.8. The van der Waals surface area contributed by atoms with Crippen molar-refractivity contribution in [2.45, 2.75) is 25.6 Å². The van der Waals surface area contributed by atoms with Gasteiger partial charge < -0.3 is 14.0 Å². The van der Waals surface area contributed by atoms with Gasteiger partial charge in [-0.25, -0.2) is 0 Å². The number of para-hydroxylation sites is 2. The number of nitrogens with zero attached hydrogens (tertiary/aromatic N) is 2. The van der Waals surface area contributed by atoms with Crippen LogP contribution in [0.2, 0.25) is 0 Å². The number of pyridine rings is 1. The summed E-state index contributed by atoms with van der Waals surface area (Å²) in [5, 5.41) is 0. The van der Waals surface area contributed by atoms with E-state index >= 15 is 0 Å². The number of aromatic nitrogens is 2. The van der Waals surface area contributed by atoms with Gasteiger partial charge in [-0.1, -0.05) is 43.3 Å². The van der Waals surface area contributed by atoms with Gasteiger partial charge in [0.2, 0.25) is 5.78 Å². The fraction of sp³-hybridized carbons (Fsp3) is 0.154. The highest BCUT2D eigenvalue weighted by Gasteiger charge is 2.45. The Labute approximate surface area is 180 Å². The van der Waals surface area contributed by atoms with Gasteiger partial charge in [0.1, 0.15) is 18.1 Å². The van der Waals surface area contributed by atoms with Crippen molar-refractivity contribution in [2.24, 2.45) is 0 Å². The van der Waals surface area contributed by atoms with Crippen molar-refractivity contribution in [3.8, 4) is 17.2 Å². The Balaban J connectivity index is 1.50. The zero-order chi connectivity index (χ0) is 21.3. The van der Waals surface area contributed by atoms with Gasteiger partial charge in [-0.2, -0.15) is 0 Å². The molecule has 0 aliphatic carbocycles. The second-order valence-electron chi connectivity index (χ2n) is 7.52. The second-order valence-corrected chi connectivity index (χ2v) is 7.52. The maximum atomic E-state index is 13.7. The molecule has 1 aliphatic rings. The summed E-state index contributed by atoms with van der Waals surface area (Å²) in [6.45, 7) is 2.41. The molecule has 0 saturated heterocycles. The fourth-order valence-electron chi connectivity index (χ4n) is 4.06. The predicted molar refractivity (Wildman–Crippen MR) is 118 cm³/mol. The molecular formula is C26H22N2O3. The molecule has 2 aromatic carbocycles. The molecular weight excluding hydrogens is 388 g/mol. The van der Waals surface area contributed by atoms with Gasteiger partial charge in [-0.3, -0.25) is 9.78 Å². The Morgan fingerprint density at radius 1 is 1.00 bits per heavy atom. The summed E-state index contributed by atoms with van der Waals surface area (Å²) in [5.74, 6) is 1.36. The third kappa shape index (κ3) is 3.28. The molecule has 5 rings (SSSR count). The summed E-state index contributed by atoms with van der Waals surface area (Å²) in [5.41, 5.74) is 2.23. The van der Waals surface area contributed by atoms with E-state index in [9.17, 15) is 4.79 Å². The molecule has 2 aromatic heterocycles. The number of benzene rings is 2. The standard InChI is InChI=1S/C26H22N2O3/c1-2-26(20-13-11-19(12-14-20)18-30-21-7-5-15-27-17-21)25(29)23-9-6-16-28(23)22-8-3-4-10-24(22)31-26/h3-17H,2,18H2,1H3. The number of rotatable bonds is 5. The Morgan fingerprint density at radius 2 is 1.84 bits per heavy atom. The molecule has 0 bridgehead atoms. The van der Waals surface area contributed by atoms with E-state index in [4.69, 9.17) is 9.47 Å². The third-order valence-corrected chi connectivity index (χ3v) is 5.72. The molecule has 0 amide bonds. The Bertz CT molecular complexity index is 1210. The minimum absolute atomic E-state index is 0.0458. The van der Waals surface area contributed by atoms with Crippen LogP contribution in [0.5, 0.6) is 11.5 Å². The van der Waals surface area contributed by atoms with Crippen LogP contribution in [0, 0.1) is 0 Å². The van der Waals surface area contributed by atoms with Crippen molar-refractivity contribution < 1.29 is 14.3 Å². The molecule has 4 aromatic rings. The van der Waals surface area contributed by atoms with E-state index in [1.54, 1.807) is 12.4 Å². The average molecular weight is 410 g/mol. The first-order valence-corrected chi connectivity index (χ1v) is 10.3. The fourth-order valence-corrected chi connectivity index (χ4v) is 4.06. The molecule has 154 valence electrons. The quantitative estimate of drug-likeness (QED) is 0.446. The first-order chi connectivity index (χ1) is 15.2. The summed E-state index contributed by atoms with van der Waals surface area (Å²) >= 11 is 0. The van der Waals surface area contributed by atoms with Gasteiger partial charge >= 0.3 is 0 Å². The summed E-state index contributed by atoms with van der Waals surface area (Å²) in [6, 6.07) is 23.1. The molecule has 0 fully saturated rings. The van der Waals surface area contributed by atoms with Gasteiger partial charge in [0.05, 0.1) is 17.6 Å². The Kier molecular flexibility index (Phi) is 4.79. The lowest BCUT2D eigenvalue weighted by Gasteiger charge is -2.31. The van der Waals surface area contributed by atoms with Crippen molar-refractivity contribution in [2.75, 3.05) is 0 Å². The van der Waals surface area contributed by atoms with Crippen LogP contribution in [0.25, 0.3) is 5.69 Å². The number of hydrogen-bond acceptors (Lipinski definition) is 4. The Morgan fingerprint density at radius 3 is 2.61 bits per heavy atom. The van der Waals surface area contributed by atoms with Gasteiger partial charge in [0.15, 0.2) is 5.60 Å². The SMILES string of the molecule is CCC1(c2ccc(COc3cccnc3)cc2)Oc2ccccc2-n2cccc2C1=O. The van der Waals surface area contributed by atoms with Crippen LogP contribution >= 0.6 is 0 Å². The lowest BCUT2D eigenvalue weighted by Crippen LogP contribution is -2.41. The highest BCUT2D eigenvalue weighted by molar-refractivity contribution is 6.03. The number of Topliss-reactive ketones (excluding diaryl/α,β-unsaturated/α-hetero) is 1. The average Bonchev–Trinajstić information content (AvgIpc) is 3.28. The number of fused-ring (bicyclic) bond motifs is 3. The van der Waals surface area contributed by atoms with Crippen molar-refractivity contribution in [3.63, 3.8) is 0 Å². The molecule has 0 radical (unpaired) electrons. The number of hydrogen-bond donors (Lipinski definition) is 0. The first-order valence-electron chi connectivity index (χ1n) is 10.3. The van der Waals surface area contributed by atoms with E-state index in [1.165, 1.54) is 0 Å². The van der Waals surface area contributed by atoms with Gasteiger partial charge in [-0.15, -0.1) is 0 Å². The van der Waals surface area contributed by atoms with E-state index in [1.807, 2.05) is 90.5 Å². The lowest BCUT2D eigenvalue weighted by atomic mass is 9.84. The maximum absolute atomic E-state index is 13.7. The summed E-state index contributed by atoms with van der Waals surface area (Å²) in [6.07, 6.45) is 5.81. The van der Waals surface area contributed by atoms with Crippen LogP contribution in [0.15, 0.2) is 91.4 Å². The van der Waals surface area contributed by atoms with E-state index in [-0.39, 0.29) is 5.78 Å². The van der Waals surface area contributed by atoms with Gasteiger partial charge in [-0.05, 0) is 48.4 Å². The van der Waals surface area contributed by atoms with Gasteiger partial charge in [0, 0.05) is 18.0 Å². The molecule has 5 nitrogen and oxygen atoms in total. The smallest absolute Gasteiger partial charge is 0.227 e.